The molecule has 0 aliphatic heterocycles. The molecule has 0 aliphatic carbocycles. The Kier molecular flexibility index (Phi) is 3.57. The molecule has 0 spiro atoms. The lowest BCUT2D eigenvalue weighted by Crippen LogP contribution is -2.12. The molecule has 0 saturated heterocycles. The number of aromatic carboxylic acids is 1. The molecule has 0 bridgehead atoms. The number of hydrogen-bond acceptors (Lipinski definition) is 2. The Labute approximate surface area is 111 Å². The Morgan fingerprint density at radius 3 is 2.72 bits per heavy atom. The predicted octanol–water partition coefficient (Wildman–Crippen LogP) is 3.67. The van der Waals surface area contributed by atoms with Gasteiger partial charge in [0.1, 0.15) is 0 Å². The van der Waals surface area contributed by atoms with E-state index in [0.717, 1.165) is 17.8 Å². The third-order valence-corrected chi connectivity index (χ3v) is 4.00. The van der Waals surface area contributed by atoms with Crippen LogP contribution < -0.4 is 0 Å². The molecule has 2 aromatic heterocycles. The van der Waals surface area contributed by atoms with Gasteiger partial charge in [0.15, 0.2) is 0 Å². The molecule has 2 aromatic rings. The van der Waals surface area contributed by atoms with Crippen molar-refractivity contribution in [1.29, 1.82) is 0 Å². The van der Waals surface area contributed by atoms with Crippen LogP contribution in [0.2, 0.25) is 0 Å². The van der Waals surface area contributed by atoms with Crippen molar-refractivity contribution >= 4 is 17.3 Å². The summed E-state index contributed by atoms with van der Waals surface area (Å²) in [5.41, 5.74) is 3.55. The van der Waals surface area contributed by atoms with E-state index in [2.05, 4.69) is 28.3 Å². The van der Waals surface area contributed by atoms with E-state index in [0.29, 0.717) is 5.56 Å². The minimum Gasteiger partial charge on any atom is -0.478 e. The second kappa shape index (κ2) is 4.98. The highest BCUT2D eigenvalue weighted by Gasteiger charge is 2.18. The van der Waals surface area contributed by atoms with Gasteiger partial charge in [-0.1, -0.05) is 0 Å². The summed E-state index contributed by atoms with van der Waals surface area (Å²) in [5, 5.41) is 13.3. The van der Waals surface area contributed by atoms with Crippen LogP contribution in [-0.2, 0) is 6.42 Å². The summed E-state index contributed by atoms with van der Waals surface area (Å²) in [6.45, 7) is 5.97. The van der Waals surface area contributed by atoms with Crippen LogP contribution in [0.1, 0.15) is 40.3 Å². The monoisotopic (exact) mass is 263 g/mol. The molecule has 0 aliphatic rings. The Balaban J connectivity index is 2.30. The first-order valence-corrected chi connectivity index (χ1v) is 6.87. The first-order chi connectivity index (χ1) is 8.50. The highest BCUT2D eigenvalue weighted by Crippen LogP contribution is 2.23. The number of hydrogen-bond donors (Lipinski definition) is 1. The van der Waals surface area contributed by atoms with Crippen LogP contribution in [0.15, 0.2) is 22.9 Å². The van der Waals surface area contributed by atoms with E-state index in [1.807, 2.05) is 13.8 Å². The van der Waals surface area contributed by atoms with Crippen molar-refractivity contribution in [3.05, 3.63) is 45.4 Å². The molecule has 2 heterocycles. The van der Waals surface area contributed by atoms with Crippen LogP contribution in [0, 0.1) is 13.8 Å². The highest BCUT2D eigenvalue weighted by molar-refractivity contribution is 7.07. The lowest BCUT2D eigenvalue weighted by molar-refractivity contribution is 0.0696. The molecule has 1 atom stereocenters. The first-order valence-electron chi connectivity index (χ1n) is 5.93. The molecular formula is C14H17NO2S. The van der Waals surface area contributed by atoms with Crippen molar-refractivity contribution in [2.45, 2.75) is 33.2 Å². The maximum atomic E-state index is 11.1. The van der Waals surface area contributed by atoms with Crippen LogP contribution in [0.4, 0.5) is 0 Å². The summed E-state index contributed by atoms with van der Waals surface area (Å²) in [6, 6.07) is 4.14. The first kappa shape index (κ1) is 12.9. The van der Waals surface area contributed by atoms with Gasteiger partial charge in [0.2, 0.25) is 0 Å². The Bertz CT molecular complexity index is 555. The largest absolute Gasteiger partial charge is 0.478 e. The number of aryl methyl sites for hydroxylation is 1. The number of aromatic nitrogens is 1. The minimum atomic E-state index is -0.850. The molecule has 96 valence electrons. The summed E-state index contributed by atoms with van der Waals surface area (Å²) in [4.78, 5) is 11.1. The fourth-order valence-corrected chi connectivity index (χ4v) is 3.19. The summed E-state index contributed by atoms with van der Waals surface area (Å²) < 4.78 is 2.11. The van der Waals surface area contributed by atoms with Gasteiger partial charge in [-0.15, -0.1) is 0 Å². The van der Waals surface area contributed by atoms with E-state index in [9.17, 15) is 4.79 Å². The van der Waals surface area contributed by atoms with Gasteiger partial charge in [-0.25, -0.2) is 4.79 Å². The Hall–Kier alpha value is -1.55. The zero-order chi connectivity index (χ0) is 13.3. The number of carbonyl (C=O) groups is 1. The molecule has 0 radical (unpaired) electrons. The average Bonchev–Trinajstić information content (AvgIpc) is 2.86. The molecule has 0 fully saturated rings. The number of carboxylic acid groups (broad SMARTS) is 1. The molecule has 1 N–H and O–H groups in total. The van der Waals surface area contributed by atoms with Crippen molar-refractivity contribution in [3.8, 4) is 0 Å². The minimum absolute atomic E-state index is 0.271. The second-order valence-electron chi connectivity index (χ2n) is 4.64. The molecule has 4 heteroatoms. The zero-order valence-electron chi connectivity index (χ0n) is 10.8. The topological polar surface area (TPSA) is 42.2 Å². The number of carboxylic acids is 1. The van der Waals surface area contributed by atoms with Crippen LogP contribution in [0.5, 0.6) is 0 Å². The van der Waals surface area contributed by atoms with Gasteiger partial charge in [-0.2, -0.15) is 11.3 Å². The van der Waals surface area contributed by atoms with Crippen LogP contribution in [0.25, 0.3) is 0 Å². The van der Waals surface area contributed by atoms with Crippen molar-refractivity contribution < 1.29 is 9.90 Å². The van der Waals surface area contributed by atoms with Gasteiger partial charge in [-0.3, -0.25) is 0 Å². The Morgan fingerprint density at radius 1 is 1.50 bits per heavy atom. The van der Waals surface area contributed by atoms with Crippen LogP contribution >= 0.6 is 11.3 Å². The number of rotatable bonds is 4. The second-order valence-corrected chi connectivity index (χ2v) is 5.42. The third kappa shape index (κ3) is 2.34. The van der Waals surface area contributed by atoms with E-state index in [1.54, 1.807) is 17.4 Å². The fraction of sp³-hybridized carbons (Fsp3) is 0.357. The number of thiophene rings is 1. The van der Waals surface area contributed by atoms with Crippen LogP contribution in [0.3, 0.4) is 0 Å². The molecule has 2 rings (SSSR count). The van der Waals surface area contributed by atoms with Gasteiger partial charge < -0.3 is 9.67 Å². The third-order valence-electron chi connectivity index (χ3n) is 3.27. The van der Waals surface area contributed by atoms with E-state index < -0.39 is 5.97 Å². The molecular weight excluding hydrogens is 246 g/mol. The summed E-state index contributed by atoms with van der Waals surface area (Å²) in [5.74, 6) is -0.850. The molecule has 1 unspecified atom stereocenters. The summed E-state index contributed by atoms with van der Waals surface area (Å²) >= 11 is 1.69. The lowest BCUT2D eigenvalue weighted by Gasteiger charge is -2.18. The normalized spacial score (nSPS) is 12.6. The van der Waals surface area contributed by atoms with E-state index in [1.165, 1.54) is 5.56 Å². The molecule has 3 nitrogen and oxygen atoms in total. The highest BCUT2D eigenvalue weighted by atomic mass is 32.1. The smallest absolute Gasteiger partial charge is 0.337 e. The van der Waals surface area contributed by atoms with Gasteiger partial charge in [0.05, 0.1) is 5.56 Å². The van der Waals surface area contributed by atoms with E-state index >= 15 is 0 Å². The molecule has 18 heavy (non-hydrogen) atoms. The van der Waals surface area contributed by atoms with Crippen molar-refractivity contribution in [3.63, 3.8) is 0 Å². The molecule has 0 saturated carbocycles. The Morgan fingerprint density at radius 2 is 2.22 bits per heavy atom. The fourth-order valence-electron chi connectivity index (χ4n) is 2.51. The maximum absolute atomic E-state index is 11.1. The van der Waals surface area contributed by atoms with Crippen molar-refractivity contribution in [1.82, 2.24) is 4.57 Å². The molecule has 0 aromatic carbocycles. The number of nitrogens with zero attached hydrogens (tertiary/aromatic N) is 1. The van der Waals surface area contributed by atoms with Gasteiger partial charge in [0.25, 0.3) is 0 Å². The SMILES string of the molecule is Cc1cc(C(=O)O)c(C)n1C(C)Cc1ccsc1. The van der Waals surface area contributed by atoms with Gasteiger partial charge >= 0.3 is 5.97 Å². The van der Waals surface area contributed by atoms with Crippen LogP contribution in [-0.4, -0.2) is 15.6 Å². The predicted molar refractivity (Wildman–Crippen MR) is 73.6 cm³/mol. The van der Waals surface area contributed by atoms with Crippen molar-refractivity contribution in [2.24, 2.45) is 0 Å². The van der Waals surface area contributed by atoms with Gasteiger partial charge in [0, 0.05) is 17.4 Å². The van der Waals surface area contributed by atoms with Gasteiger partial charge in [-0.05, 0) is 55.6 Å². The zero-order valence-corrected chi connectivity index (χ0v) is 11.6. The maximum Gasteiger partial charge on any atom is 0.337 e. The standard InChI is InChI=1S/C14H17NO2S/c1-9(6-12-4-5-18-8-12)15-10(2)7-13(11(15)3)14(16)17/h4-5,7-9H,6H2,1-3H3,(H,16,17). The molecule has 0 amide bonds. The summed E-state index contributed by atoms with van der Waals surface area (Å²) in [6.07, 6.45) is 0.929. The summed E-state index contributed by atoms with van der Waals surface area (Å²) in [7, 11) is 0. The van der Waals surface area contributed by atoms with E-state index in [-0.39, 0.29) is 6.04 Å². The van der Waals surface area contributed by atoms with E-state index in [4.69, 9.17) is 5.11 Å². The van der Waals surface area contributed by atoms with Crippen molar-refractivity contribution in [2.75, 3.05) is 0 Å². The average molecular weight is 263 g/mol. The lowest BCUT2D eigenvalue weighted by atomic mass is 10.1. The quantitative estimate of drug-likeness (QED) is 0.914.